The van der Waals surface area contributed by atoms with E-state index in [1.165, 1.54) is 44.1 Å². The molecule has 0 spiro atoms. The normalized spacial score (nSPS) is 31.6. The van der Waals surface area contributed by atoms with E-state index in [2.05, 4.69) is 30.6 Å². The summed E-state index contributed by atoms with van der Waals surface area (Å²) in [7, 11) is 0. The van der Waals surface area contributed by atoms with Gasteiger partial charge in [-0.05, 0) is 79.9 Å². The van der Waals surface area contributed by atoms with Gasteiger partial charge < -0.3 is 10.6 Å². The zero-order valence-electron chi connectivity index (χ0n) is 16.3. The van der Waals surface area contributed by atoms with Gasteiger partial charge in [-0.3, -0.25) is 4.79 Å². The molecule has 4 heteroatoms. The number of anilines is 1. The molecule has 4 bridgehead atoms. The first-order valence-corrected chi connectivity index (χ1v) is 10.3. The van der Waals surface area contributed by atoms with E-state index in [1.54, 1.807) is 6.20 Å². The summed E-state index contributed by atoms with van der Waals surface area (Å²) in [6, 6.07) is 9.90. The van der Waals surface area contributed by atoms with E-state index in [4.69, 9.17) is 0 Å². The zero-order valence-corrected chi connectivity index (χ0v) is 16.3. The third-order valence-electron chi connectivity index (χ3n) is 6.76. The predicted octanol–water partition coefficient (Wildman–Crippen LogP) is 4.71. The molecule has 2 N–H and O–H groups in total. The lowest BCUT2D eigenvalue weighted by Gasteiger charge is -2.56. The summed E-state index contributed by atoms with van der Waals surface area (Å²) in [6.45, 7) is 4.28. The fourth-order valence-corrected chi connectivity index (χ4v) is 5.81. The standard InChI is InChI=1S/C23H29N3O/c1-15(2)19-3-5-21(6-4-19)26-22(27)20(13-24)14-25-23-10-16-7-17(11-23)9-18(8-16)12-23/h3-6,14-18,25H,7-12H2,1-2H3,(H,26,27)/b20-14-. The van der Waals surface area contributed by atoms with Crippen LogP contribution in [0.1, 0.15) is 63.9 Å². The average molecular weight is 364 g/mol. The van der Waals surface area contributed by atoms with Gasteiger partial charge in [0.2, 0.25) is 0 Å². The minimum atomic E-state index is -0.341. The molecule has 0 atom stereocenters. The van der Waals surface area contributed by atoms with Crippen molar-refractivity contribution < 1.29 is 4.79 Å². The molecule has 0 radical (unpaired) electrons. The Morgan fingerprint density at radius 1 is 1.11 bits per heavy atom. The molecule has 0 saturated heterocycles. The molecule has 27 heavy (non-hydrogen) atoms. The smallest absolute Gasteiger partial charge is 0.267 e. The molecule has 0 aromatic heterocycles. The Labute approximate surface area is 162 Å². The van der Waals surface area contributed by atoms with E-state index in [0.717, 1.165) is 23.4 Å². The quantitative estimate of drug-likeness (QED) is 0.588. The van der Waals surface area contributed by atoms with Crippen molar-refractivity contribution in [1.82, 2.24) is 5.32 Å². The first-order valence-electron chi connectivity index (χ1n) is 10.3. The highest BCUT2D eigenvalue weighted by Crippen LogP contribution is 2.55. The van der Waals surface area contributed by atoms with Crippen LogP contribution in [0.25, 0.3) is 0 Å². The number of rotatable bonds is 5. The molecule has 5 rings (SSSR count). The van der Waals surface area contributed by atoms with Gasteiger partial charge in [0.05, 0.1) is 0 Å². The Morgan fingerprint density at radius 3 is 2.15 bits per heavy atom. The van der Waals surface area contributed by atoms with E-state index < -0.39 is 0 Å². The van der Waals surface area contributed by atoms with Crippen LogP contribution in [0.5, 0.6) is 0 Å². The number of nitrogens with zero attached hydrogens (tertiary/aromatic N) is 1. The molecule has 1 aromatic rings. The van der Waals surface area contributed by atoms with Gasteiger partial charge in [-0.2, -0.15) is 5.26 Å². The molecule has 142 valence electrons. The van der Waals surface area contributed by atoms with Crippen LogP contribution < -0.4 is 10.6 Å². The molecule has 1 aromatic carbocycles. The molecule has 4 nitrogen and oxygen atoms in total. The molecule has 4 saturated carbocycles. The molecule has 0 heterocycles. The number of nitriles is 1. The Morgan fingerprint density at radius 2 is 1.67 bits per heavy atom. The fourth-order valence-electron chi connectivity index (χ4n) is 5.81. The van der Waals surface area contributed by atoms with Gasteiger partial charge in [-0.15, -0.1) is 0 Å². The first kappa shape index (κ1) is 18.1. The van der Waals surface area contributed by atoms with E-state index in [0.29, 0.717) is 5.92 Å². The SMILES string of the molecule is CC(C)c1ccc(NC(=O)/C(C#N)=C\NC23CC4CC(CC(C4)C2)C3)cc1. The van der Waals surface area contributed by atoms with Crippen LogP contribution in [0.15, 0.2) is 36.0 Å². The second kappa shape index (κ2) is 7.03. The van der Waals surface area contributed by atoms with Crippen LogP contribution in [0.2, 0.25) is 0 Å². The fraction of sp³-hybridized carbons (Fsp3) is 0.565. The third-order valence-corrected chi connectivity index (χ3v) is 6.76. The lowest BCUT2D eigenvalue weighted by Crippen LogP contribution is -2.57. The summed E-state index contributed by atoms with van der Waals surface area (Å²) >= 11 is 0. The van der Waals surface area contributed by atoms with Crippen LogP contribution in [0.3, 0.4) is 0 Å². The Kier molecular flexibility index (Phi) is 4.72. The van der Waals surface area contributed by atoms with Gasteiger partial charge in [0.15, 0.2) is 0 Å². The topological polar surface area (TPSA) is 64.9 Å². The number of carbonyl (C=O) groups excluding carboxylic acids is 1. The Balaban J connectivity index is 1.42. The lowest BCUT2D eigenvalue weighted by atomic mass is 9.53. The van der Waals surface area contributed by atoms with Crippen molar-refractivity contribution in [3.05, 3.63) is 41.6 Å². The van der Waals surface area contributed by atoms with Crippen LogP contribution in [0, 0.1) is 29.1 Å². The highest BCUT2D eigenvalue weighted by molar-refractivity contribution is 6.06. The van der Waals surface area contributed by atoms with Crippen molar-refractivity contribution in [2.24, 2.45) is 17.8 Å². The van der Waals surface area contributed by atoms with Crippen LogP contribution in [0.4, 0.5) is 5.69 Å². The highest BCUT2D eigenvalue weighted by Gasteiger charge is 2.50. The minimum Gasteiger partial charge on any atom is -0.384 e. The van der Waals surface area contributed by atoms with Gasteiger partial charge in [-0.25, -0.2) is 0 Å². The Hall–Kier alpha value is -2.28. The number of benzene rings is 1. The summed E-state index contributed by atoms with van der Waals surface area (Å²) in [6.07, 6.45) is 9.37. The van der Waals surface area contributed by atoms with Crippen LogP contribution in [-0.2, 0) is 4.79 Å². The zero-order chi connectivity index (χ0) is 19.0. The minimum absolute atomic E-state index is 0.107. The monoisotopic (exact) mass is 363 g/mol. The van der Waals surface area contributed by atoms with E-state index in [9.17, 15) is 10.1 Å². The van der Waals surface area contributed by atoms with Gasteiger partial charge >= 0.3 is 0 Å². The maximum absolute atomic E-state index is 12.5. The number of hydrogen-bond acceptors (Lipinski definition) is 3. The van der Waals surface area contributed by atoms with E-state index >= 15 is 0 Å². The van der Waals surface area contributed by atoms with Crippen molar-refractivity contribution in [2.45, 2.75) is 63.8 Å². The van der Waals surface area contributed by atoms with Gasteiger partial charge in [0, 0.05) is 17.4 Å². The summed E-state index contributed by atoms with van der Waals surface area (Å²) in [5.41, 5.74) is 2.21. The van der Waals surface area contributed by atoms with Gasteiger partial charge in [0.25, 0.3) is 5.91 Å². The maximum atomic E-state index is 12.5. The first-order chi connectivity index (χ1) is 13.0. The Bertz CT molecular complexity index is 750. The van der Waals surface area contributed by atoms with Gasteiger partial charge in [-0.1, -0.05) is 26.0 Å². The average Bonchev–Trinajstić information content (AvgIpc) is 2.61. The molecule has 0 unspecified atom stereocenters. The van der Waals surface area contributed by atoms with Crippen LogP contribution in [-0.4, -0.2) is 11.4 Å². The second-order valence-corrected chi connectivity index (χ2v) is 9.24. The molecular formula is C23H29N3O. The van der Waals surface area contributed by atoms with Crippen molar-refractivity contribution >= 4 is 11.6 Å². The highest BCUT2D eigenvalue weighted by atomic mass is 16.1. The van der Waals surface area contributed by atoms with Crippen molar-refractivity contribution in [3.8, 4) is 6.07 Å². The van der Waals surface area contributed by atoms with Gasteiger partial charge in [0.1, 0.15) is 11.6 Å². The summed E-state index contributed by atoms with van der Waals surface area (Å²) in [5.74, 6) is 2.60. The molecule has 1 amide bonds. The number of carbonyl (C=O) groups is 1. The third kappa shape index (κ3) is 3.74. The molecule has 4 aliphatic rings. The molecule has 4 fully saturated rings. The summed E-state index contributed by atoms with van der Waals surface area (Å²) < 4.78 is 0. The maximum Gasteiger partial charge on any atom is 0.267 e. The molecule has 0 aliphatic heterocycles. The lowest BCUT2D eigenvalue weighted by molar-refractivity contribution is -0.112. The van der Waals surface area contributed by atoms with Crippen LogP contribution >= 0.6 is 0 Å². The molecular weight excluding hydrogens is 334 g/mol. The summed E-state index contributed by atoms with van der Waals surface area (Å²) in [4.78, 5) is 12.5. The summed E-state index contributed by atoms with van der Waals surface area (Å²) in [5, 5.41) is 15.9. The predicted molar refractivity (Wildman–Crippen MR) is 107 cm³/mol. The number of nitrogens with one attached hydrogen (secondary N) is 2. The number of hydrogen-bond donors (Lipinski definition) is 2. The van der Waals surface area contributed by atoms with Crippen molar-refractivity contribution in [3.63, 3.8) is 0 Å². The number of amides is 1. The van der Waals surface area contributed by atoms with Crippen molar-refractivity contribution in [2.75, 3.05) is 5.32 Å². The van der Waals surface area contributed by atoms with Crippen molar-refractivity contribution in [1.29, 1.82) is 5.26 Å². The van der Waals surface area contributed by atoms with E-state index in [1.807, 2.05) is 24.3 Å². The van der Waals surface area contributed by atoms with E-state index in [-0.39, 0.29) is 17.0 Å². The largest absolute Gasteiger partial charge is 0.384 e. The second-order valence-electron chi connectivity index (χ2n) is 9.24. The molecule has 4 aliphatic carbocycles.